The van der Waals surface area contributed by atoms with Gasteiger partial charge < -0.3 is 10.2 Å². The summed E-state index contributed by atoms with van der Waals surface area (Å²) in [5.41, 5.74) is 2.20. The van der Waals surface area contributed by atoms with Crippen molar-refractivity contribution in [1.82, 2.24) is 5.32 Å². The summed E-state index contributed by atoms with van der Waals surface area (Å²) in [5.74, 6) is 2.41. The number of carbonyl (C=O) groups is 1. The predicted molar refractivity (Wildman–Crippen MR) is 82.9 cm³/mol. The van der Waals surface area contributed by atoms with E-state index in [9.17, 15) is 4.79 Å². The van der Waals surface area contributed by atoms with Crippen molar-refractivity contribution in [3.63, 3.8) is 0 Å². The Morgan fingerprint density at radius 1 is 1.47 bits per heavy atom. The fraction of sp³-hybridized carbons (Fsp3) is 0.533. The van der Waals surface area contributed by atoms with Crippen molar-refractivity contribution < 1.29 is 4.79 Å². The first kappa shape index (κ1) is 14.4. The molecule has 0 saturated carbocycles. The maximum atomic E-state index is 12.5. The molecule has 0 spiro atoms. The van der Waals surface area contributed by atoms with Gasteiger partial charge in [0.05, 0.1) is 0 Å². The lowest BCUT2D eigenvalue weighted by Gasteiger charge is -2.27. The Balaban J connectivity index is 2.04. The van der Waals surface area contributed by atoms with Crippen molar-refractivity contribution in [3.05, 3.63) is 29.8 Å². The van der Waals surface area contributed by atoms with Crippen LogP contribution in [0.4, 0.5) is 5.69 Å². The van der Waals surface area contributed by atoms with Crippen LogP contribution in [0.25, 0.3) is 0 Å². The van der Waals surface area contributed by atoms with E-state index < -0.39 is 0 Å². The van der Waals surface area contributed by atoms with E-state index in [0.29, 0.717) is 12.5 Å². The lowest BCUT2D eigenvalue weighted by molar-refractivity contribution is -0.119. The van der Waals surface area contributed by atoms with Crippen molar-refractivity contribution in [2.45, 2.75) is 26.3 Å². The molecule has 0 radical (unpaired) electrons. The number of para-hydroxylation sites is 1. The van der Waals surface area contributed by atoms with Gasteiger partial charge in [0.2, 0.25) is 5.91 Å². The van der Waals surface area contributed by atoms with Crippen LogP contribution >= 0.6 is 11.8 Å². The van der Waals surface area contributed by atoms with Crippen molar-refractivity contribution >= 4 is 23.4 Å². The molecule has 1 aliphatic heterocycles. The predicted octanol–water partition coefficient (Wildman–Crippen LogP) is 2.44. The molecule has 104 valence electrons. The van der Waals surface area contributed by atoms with Gasteiger partial charge in [-0.15, -0.1) is 0 Å². The molecule has 19 heavy (non-hydrogen) atoms. The van der Waals surface area contributed by atoms with Crippen LogP contribution in [0.15, 0.2) is 24.3 Å². The van der Waals surface area contributed by atoms with Crippen LogP contribution in [0, 0.1) is 6.92 Å². The van der Waals surface area contributed by atoms with Crippen molar-refractivity contribution in [2.24, 2.45) is 0 Å². The number of aryl methyl sites for hydroxylation is 1. The average molecular weight is 278 g/mol. The molecule has 3 nitrogen and oxygen atoms in total. The van der Waals surface area contributed by atoms with Gasteiger partial charge in [-0.3, -0.25) is 4.79 Å². The Morgan fingerprint density at radius 2 is 2.26 bits per heavy atom. The number of hydrogen-bond donors (Lipinski definition) is 1. The smallest absolute Gasteiger partial charge is 0.228 e. The molecule has 0 aliphatic carbocycles. The second-order valence-electron chi connectivity index (χ2n) is 4.85. The van der Waals surface area contributed by atoms with Crippen molar-refractivity contribution in [3.8, 4) is 0 Å². The second-order valence-corrected chi connectivity index (χ2v) is 6.00. The highest BCUT2D eigenvalue weighted by atomic mass is 32.2. The van der Waals surface area contributed by atoms with Crippen molar-refractivity contribution in [1.29, 1.82) is 0 Å². The maximum Gasteiger partial charge on any atom is 0.228 e. The topological polar surface area (TPSA) is 32.3 Å². The molecule has 1 atom stereocenters. The summed E-state index contributed by atoms with van der Waals surface area (Å²) in [4.78, 5) is 14.4. The van der Waals surface area contributed by atoms with E-state index in [-0.39, 0.29) is 5.91 Å². The van der Waals surface area contributed by atoms with Crippen LogP contribution in [0.1, 0.15) is 18.9 Å². The van der Waals surface area contributed by atoms with E-state index in [4.69, 9.17) is 0 Å². The zero-order chi connectivity index (χ0) is 13.7. The summed E-state index contributed by atoms with van der Waals surface area (Å²) in [6.07, 6.45) is 0.592. The molecule has 2 rings (SSSR count). The van der Waals surface area contributed by atoms with Gasteiger partial charge in [0, 0.05) is 42.7 Å². The summed E-state index contributed by atoms with van der Waals surface area (Å²) in [7, 11) is 0. The SMILES string of the molecule is CCN(C(=O)CC1CSCCN1)c1ccccc1C. The monoisotopic (exact) mass is 278 g/mol. The van der Waals surface area contributed by atoms with Gasteiger partial charge in [0.1, 0.15) is 0 Å². The summed E-state index contributed by atoms with van der Waals surface area (Å²) in [6.45, 7) is 5.83. The van der Waals surface area contributed by atoms with Crippen LogP contribution in [0.2, 0.25) is 0 Å². The Labute approximate surface area is 119 Å². The van der Waals surface area contributed by atoms with E-state index >= 15 is 0 Å². The number of carbonyl (C=O) groups excluding carboxylic acids is 1. The summed E-state index contributed by atoms with van der Waals surface area (Å²) in [5, 5.41) is 3.43. The number of rotatable bonds is 4. The van der Waals surface area contributed by atoms with Gasteiger partial charge in [-0.1, -0.05) is 18.2 Å². The Morgan fingerprint density at radius 3 is 2.89 bits per heavy atom. The Kier molecular flexibility index (Phi) is 5.28. The maximum absolute atomic E-state index is 12.5. The summed E-state index contributed by atoms with van der Waals surface area (Å²) < 4.78 is 0. The molecule has 1 saturated heterocycles. The third kappa shape index (κ3) is 3.74. The van der Waals surface area contributed by atoms with E-state index in [2.05, 4.69) is 18.3 Å². The third-order valence-electron chi connectivity index (χ3n) is 3.44. The molecule has 4 heteroatoms. The zero-order valence-corrected chi connectivity index (χ0v) is 12.5. The highest BCUT2D eigenvalue weighted by Crippen LogP contribution is 2.21. The standard InChI is InChI=1S/C15H22N2OS/c1-3-17(14-7-5-4-6-12(14)2)15(18)10-13-11-19-9-8-16-13/h4-7,13,16H,3,8-11H2,1-2H3. The number of anilines is 1. The van der Waals surface area contributed by atoms with Crippen LogP contribution in [0.3, 0.4) is 0 Å². The number of nitrogens with zero attached hydrogens (tertiary/aromatic N) is 1. The number of nitrogens with one attached hydrogen (secondary N) is 1. The number of amides is 1. The van der Waals surface area contributed by atoms with Gasteiger partial charge in [-0.25, -0.2) is 0 Å². The summed E-state index contributed by atoms with van der Waals surface area (Å²) in [6, 6.07) is 8.41. The minimum absolute atomic E-state index is 0.219. The largest absolute Gasteiger partial charge is 0.312 e. The number of benzene rings is 1. The molecule has 0 aromatic heterocycles. The normalized spacial score (nSPS) is 19.2. The van der Waals surface area contributed by atoms with Crippen LogP contribution in [0.5, 0.6) is 0 Å². The number of hydrogen-bond acceptors (Lipinski definition) is 3. The van der Waals surface area contributed by atoms with Gasteiger partial charge in [-0.05, 0) is 25.5 Å². The number of thioether (sulfide) groups is 1. The third-order valence-corrected chi connectivity index (χ3v) is 4.57. The Bertz CT molecular complexity index is 430. The van der Waals surface area contributed by atoms with Crippen molar-refractivity contribution in [2.75, 3.05) is 29.5 Å². The molecular formula is C15H22N2OS. The van der Waals surface area contributed by atoms with Gasteiger partial charge in [-0.2, -0.15) is 11.8 Å². The molecular weight excluding hydrogens is 256 g/mol. The summed E-state index contributed by atoms with van der Waals surface area (Å²) >= 11 is 1.93. The zero-order valence-electron chi connectivity index (χ0n) is 11.7. The molecule has 1 fully saturated rings. The molecule has 1 amide bonds. The fourth-order valence-electron chi connectivity index (χ4n) is 2.42. The average Bonchev–Trinajstić information content (AvgIpc) is 2.43. The van der Waals surface area contributed by atoms with E-state index in [1.54, 1.807) is 0 Å². The Hall–Kier alpha value is -1.00. The lowest BCUT2D eigenvalue weighted by atomic mass is 10.1. The first-order chi connectivity index (χ1) is 9.22. The first-order valence-electron chi connectivity index (χ1n) is 6.89. The van der Waals surface area contributed by atoms with Gasteiger partial charge >= 0.3 is 0 Å². The lowest BCUT2D eigenvalue weighted by Crippen LogP contribution is -2.42. The quantitative estimate of drug-likeness (QED) is 0.918. The molecule has 1 unspecified atom stereocenters. The fourth-order valence-corrected chi connectivity index (χ4v) is 3.37. The minimum Gasteiger partial charge on any atom is -0.312 e. The molecule has 1 aliphatic rings. The van der Waals surface area contributed by atoms with Crippen LogP contribution in [-0.4, -0.2) is 36.5 Å². The molecule has 1 aromatic rings. The van der Waals surface area contributed by atoms with Crippen LogP contribution in [-0.2, 0) is 4.79 Å². The molecule has 1 heterocycles. The first-order valence-corrected chi connectivity index (χ1v) is 8.05. The van der Waals surface area contributed by atoms with Crippen LogP contribution < -0.4 is 10.2 Å². The highest BCUT2D eigenvalue weighted by Gasteiger charge is 2.21. The highest BCUT2D eigenvalue weighted by molar-refractivity contribution is 7.99. The minimum atomic E-state index is 0.219. The molecule has 0 bridgehead atoms. The van der Waals surface area contributed by atoms with Gasteiger partial charge in [0.15, 0.2) is 0 Å². The van der Waals surface area contributed by atoms with E-state index in [1.807, 2.05) is 41.8 Å². The van der Waals surface area contributed by atoms with Gasteiger partial charge in [0.25, 0.3) is 0 Å². The molecule has 1 aromatic carbocycles. The molecule has 1 N–H and O–H groups in total. The van der Waals surface area contributed by atoms with E-state index in [0.717, 1.165) is 35.8 Å². The second kappa shape index (κ2) is 6.96. The van der Waals surface area contributed by atoms with E-state index in [1.165, 1.54) is 0 Å².